The SMILES string of the molecule is CC1(C)C/C(=N\O)C=CO1. The Morgan fingerprint density at radius 3 is 2.80 bits per heavy atom. The van der Waals surface area contributed by atoms with Gasteiger partial charge < -0.3 is 9.94 Å². The average Bonchev–Trinajstić information content (AvgIpc) is 1.86. The molecule has 56 valence electrons. The maximum atomic E-state index is 8.40. The van der Waals surface area contributed by atoms with Gasteiger partial charge in [0.25, 0.3) is 0 Å². The molecule has 10 heavy (non-hydrogen) atoms. The minimum atomic E-state index is -0.226. The summed E-state index contributed by atoms with van der Waals surface area (Å²) in [6.45, 7) is 3.89. The first-order valence-corrected chi connectivity index (χ1v) is 3.19. The van der Waals surface area contributed by atoms with Crippen LogP contribution in [0.25, 0.3) is 0 Å². The molecular formula is C7H11NO2. The van der Waals surface area contributed by atoms with Crippen molar-refractivity contribution in [1.82, 2.24) is 0 Å². The molecule has 0 radical (unpaired) electrons. The fourth-order valence-electron chi connectivity index (χ4n) is 0.902. The van der Waals surface area contributed by atoms with Gasteiger partial charge in [-0.15, -0.1) is 0 Å². The van der Waals surface area contributed by atoms with Gasteiger partial charge in [0.05, 0.1) is 12.0 Å². The predicted octanol–water partition coefficient (Wildman–Crippen LogP) is 1.53. The van der Waals surface area contributed by atoms with Crippen LogP contribution in [-0.2, 0) is 4.74 Å². The van der Waals surface area contributed by atoms with Crippen LogP contribution in [-0.4, -0.2) is 16.5 Å². The van der Waals surface area contributed by atoms with E-state index in [1.54, 1.807) is 12.3 Å². The number of rotatable bonds is 0. The van der Waals surface area contributed by atoms with E-state index in [2.05, 4.69) is 5.16 Å². The molecule has 3 nitrogen and oxygen atoms in total. The first-order valence-electron chi connectivity index (χ1n) is 3.19. The average molecular weight is 141 g/mol. The Bertz CT molecular complexity index is 182. The summed E-state index contributed by atoms with van der Waals surface area (Å²) in [6, 6.07) is 0. The van der Waals surface area contributed by atoms with Gasteiger partial charge in [-0.3, -0.25) is 0 Å². The van der Waals surface area contributed by atoms with Gasteiger partial charge in [0.1, 0.15) is 5.60 Å². The number of hydrogen-bond acceptors (Lipinski definition) is 3. The van der Waals surface area contributed by atoms with Crippen LogP contribution in [0.2, 0.25) is 0 Å². The number of oxime groups is 1. The van der Waals surface area contributed by atoms with Crippen molar-refractivity contribution >= 4 is 5.71 Å². The van der Waals surface area contributed by atoms with Crippen molar-refractivity contribution in [3.63, 3.8) is 0 Å². The summed E-state index contributed by atoms with van der Waals surface area (Å²) in [4.78, 5) is 0. The molecule has 0 aromatic carbocycles. The topological polar surface area (TPSA) is 41.8 Å². The van der Waals surface area contributed by atoms with Gasteiger partial charge >= 0.3 is 0 Å². The fourth-order valence-corrected chi connectivity index (χ4v) is 0.902. The minimum Gasteiger partial charge on any atom is -0.495 e. The molecule has 0 saturated carbocycles. The van der Waals surface area contributed by atoms with Gasteiger partial charge in [-0.25, -0.2) is 0 Å². The van der Waals surface area contributed by atoms with Crippen molar-refractivity contribution in [1.29, 1.82) is 0 Å². The third-order valence-electron chi connectivity index (χ3n) is 1.38. The zero-order valence-corrected chi connectivity index (χ0v) is 6.16. The molecule has 0 spiro atoms. The summed E-state index contributed by atoms with van der Waals surface area (Å²) in [5.74, 6) is 0. The monoisotopic (exact) mass is 141 g/mol. The largest absolute Gasteiger partial charge is 0.495 e. The van der Waals surface area contributed by atoms with Crippen LogP contribution in [0.5, 0.6) is 0 Å². The summed E-state index contributed by atoms with van der Waals surface area (Å²) in [5.41, 5.74) is 0.437. The van der Waals surface area contributed by atoms with Crippen LogP contribution in [0.3, 0.4) is 0 Å². The molecule has 1 aliphatic heterocycles. The predicted molar refractivity (Wildman–Crippen MR) is 38.1 cm³/mol. The molecule has 1 heterocycles. The summed E-state index contributed by atoms with van der Waals surface area (Å²) in [5, 5.41) is 11.5. The smallest absolute Gasteiger partial charge is 0.108 e. The summed E-state index contributed by atoms with van der Waals surface area (Å²) >= 11 is 0. The van der Waals surface area contributed by atoms with Gasteiger partial charge in [0.2, 0.25) is 0 Å². The van der Waals surface area contributed by atoms with Crippen LogP contribution in [0, 0.1) is 0 Å². The lowest BCUT2D eigenvalue weighted by molar-refractivity contribution is 0.0597. The maximum absolute atomic E-state index is 8.40. The molecule has 0 saturated heterocycles. The Hall–Kier alpha value is -0.990. The highest BCUT2D eigenvalue weighted by molar-refractivity contribution is 5.95. The van der Waals surface area contributed by atoms with Gasteiger partial charge in [-0.2, -0.15) is 0 Å². The van der Waals surface area contributed by atoms with E-state index in [-0.39, 0.29) is 5.60 Å². The molecule has 1 N–H and O–H groups in total. The Labute approximate surface area is 60.0 Å². The normalized spacial score (nSPS) is 26.4. The number of ether oxygens (including phenoxy) is 1. The van der Waals surface area contributed by atoms with Crippen molar-refractivity contribution in [2.24, 2.45) is 5.16 Å². The molecule has 0 aromatic rings. The molecular weight excluding hydrogens is 130 g/mol. The van der Waals surface area contributed by atoms with Crippen molar-refractivity contribution in [2.75, 3.05) is 0 Å². The van der Waals surface area contributed by atoms with E-state index in [4.69, 9.17) is 9.94 Å². The maximum Gasteiger partial charge on any atom is 0.108 e. The highest BCUT2D eigenvalue weighted by Crippen LogP contribution is 2.19. The van der Waals surface area contributed by atoms with Gasteiger partial charge in [0.15, 0.2) is 0 Å². The van der Waals surface area contributed by atoms with Crippen LogP contribution < -0.4 is 0 Å². The zero-order valence-electron chi connectivity index (χ0n) is 6.16. The van der Waals surface area contributed by atoms with E-state index < -0.39 is 0 Å². The highest BCUT2D eigenvalue weighted by atomic mass is 16.5. The summed E-state index contributed by atoms with van der Waals surface area (Å²) < 4.78 is 5.22. The Balaban J connectivity index is 2.73. The van der Waals surface area contributed by atoms with E-state index in [9.17, 15) is 0 Å². The Morgan fingerprint density at radius 1 is 1.70 bits per heavy atom. The molecule has 3 heteroatoms. The molecule has 0 aromatic heterocycles. The van der Waals surface area contributed by atoms with Crippen LogP contribution >= 0.6 is 0 Å². The number of nitrogens with zero attached hydrogens (tertiary/aromatic N) is 1. The lowest BCUT2D eigenvalue weighted by Crippen LogP contribution is -2.28. The second kappa shape index (κ2) is 2.33. The third kappa shape index (κ3) is 1.50. The molecule has 0 aliphatic carbocycles. The van der Waals surface area contributed by atoms with E-state index >= 15 is 0 Å². The molecule has 0 atom stereocenters. The summed E-state index contributed by atoms with van der Waals surface area (Å²) in [6.07, 6.45) is 3.86. The number of allylic oxidation sites excluding steroid dienone is 1. The van der Waals surface area contributed by atoms with Gasteiger partial charge in [-0.05, 0) is 19.9 Å². The van der Waals surface area contributed by atoms with Crippen molar-refractivity contribution in [3.8, 4) is 0 Å². The zero-order chi connectivity index (χ0) is 7.61. The molecule has 0 bridgehead atoms. The van der Waals surface area contributed by atoms with E-state index in [1.807, 2.05) is 13.8 Å². The molecule has 0 amide bonds. The third-order valence-corrected chi connectivity index (χ3v) is 1.38. The quantitative estimate of drug-likeness (QED) is 0.410. The van der Waals surface area contributed by atoms with Gasteiger partial charge in [0, 0.05) is 6.42 Å². The minimum absolute atomic E-state index is 0.226. The Morgan fingerprint density at radius 2 is 2.40 bits per heavy atom. The second-order valence-corrected chi connectivity index (χ2v) is 2.95. The van der Waals surface area contributed by atoms with Crippen LogP contribution in [0.4, 0.5) is 0 Å². The van der Waals surface area contributed by atoms with Crippen molar-refractivity contribution in [3.05, 3.63) is 12.3 Å². The Kier molecular flexibility index (Phi) is 1.66. The second-order valence-electron chi connectivity index (χ2n) is 2.95. The first-order chi connectivity index (χ1) is 4.64. The van der Waals surface area contributed by atoms with Crippen molar-refractivity contribution in [2.45, 2.75) is 25.9 Å². The van der Waals surface area contributed by atoms with E-state index in [1.165, 1.54) is 0 Å². The fraction of sp³-hybridized carbons (Fsp3) is 0.571. The van der Waals surface area contributed by atoms with Crippen LogP contribution in [0.1, 0.15) is 20.3 Å². The van der Waals surface area contributed by atoms with E-state index in [0.29, 0.717) is 12.1 Å². The van der Waals surface area contributed by atoms with E-state index in [0.717, 1.165) is 0 Å². The van der Waals surface area contributed by atoms with Gasteiger partial charge in [-0.1, -0.05) is 5.16 Å². The molecule has 0 fully saturated rings. The van der Waals surface area contributed by atoms with Crippen LogP contribution in [0.15, 0.2) is 17.5 Å². The molecule has 1 aliphatic rings. The lowest BCUT2D eigenvalue weighted by atomic mass is 10.00. The molecule has 1 rings (SSSR count). The molecule has 0 unspecified atom stereocenters. The highest BCUT2D eigenvalue weighted by Gasteiger charge is 2.23. The number of hydrogen-bond donors (Lipinski definition) is 1. The standard InChI is InChI=1S/C7H11NO2/c1-7(2)5-6(8-9)3-4-10-7/h3-4,9H,5H2,1-2H3/b8-6-. The first kappa shape index (κ1) is 7.12. The summed E-state index contributed by atoms with van der Waals surface area (Å²) in [7, 11) is 0. The lowest BCUT2D eigenvalue weighted by Gasteiger charge is -2.26. The van der Waals surface area contributed by atoms with Crippen molar-refractivity contribution < 1.29 is 9.94 Å².